The Bertz CT molecular complexity index is 681. The summed E-state index contributed by atoms with van der Waals surface area (Å²) in [6.07, 6.45) is -5.33. The molecule has 0 radical (unpaired) electrons. The molecule has 2 amide bonds. The van der Waals surface area contributed by atoms with E-state index in [1.807, 2.05) is 0 Å². The number of phenols is 1. The van der Waals surface area contributed by atoms with E-state index in [2.05, 4.69) is 5.32 Å². The summed E-state index contributed by atoms with van der Waals surface area (Å²) in [6, 6.07) is 2.24. The van der Waals surface area contributed by atoms with E-state index in [0.717, 1.165) is 13.1 Å². The lowest BCUT2D eigenvalue weighted by Gasteiger charge is -2.49. The molecule has 10 heteroatoms. The van der Waals surface area contributed by atoms with Crippen LogP contribution in [-0.4, -0.2) is 52.7 Å². The van der Waals surface area contributed by atoms with Crippen LogP contribution >= 0.6 is 0 Å². The van der Waals surface area contributed by atoms with Gasteiger partial charge in [-0.3, -0.25) is 9.69 Å². The number of carbonyl (C=O) groups is 2. The Morgan fingerprint density at radius 2 is 2.08 bits per heavy atom. The van der Waals surface area contributed by atoms with Gasteiger partial charge in [0, 0.05) is 7.05 Å². The van der Waals surface area contributed by atoms with Crippen molar-refractivity contribution in [3.8, 4) is 5.75 Å². The average molecular weight is 362 g/mol. The maximum absolute atomic E-state index is 13.6. The smallest absolute Gasteiger partial charge is 0.437 e. The monoisotopic (exact) mass is 362 g/mol. The Labute approximate surface area is 141 Å². The molecule has 1 aliphatic heterocycles. The molecule has 1 aromatic carbocycles. The van der Waals surface area contributed by atoms with Crippen molar-refractivity contribution in [3.05, 3.63) is 29.8 Å². The van der Waals surface area contributed by atoms with Gasteiger partial charge in [0.15, 0.2) is 0 Å². The largest absolute Gasteiger partial charge is 0.508 e. The second-order valence-electron chi connectivity index (χ2n) is 5.53. The number of benzene rings is 1. The van der Waals surface area contributed by atoms with E-state index in [-0.39, 0.29) is 22.8 Å². The highest BCUT2D eigenvalue weighted by Gasteiger charge is 2.69. The molecule has 0 spiro atoms. The minimum atomic E-state index is -5.33. The fraction of sp³-hybridized carbons (Fsp3) is 0.467. The number of urea groups is 1. The molecule has 3 atom stereocenters. The summed E-state index contributed by atoms with van der Waals surface area (Å²) in [5, 5.41) is 22.2. The number of nitrogens with zero attached hydrogens (tertiary/aromatic N) is 1. The molecule has 2 rings (SSSR count). The van der Waals surface area contributed by atoms with Gasteiger partial charge in [0.2, 0.25) is 0 Å². The maximum Gasteiger partial charge on any atom is 0.437 e. The highest BCUT2D eigenvalue weighted by molar-refractivity contribution is 5.83. The minimum Gasteiger partial charge on any atom is -0.508 e. The van der Waals surface area contributed by atoms with E-state index in [1.165, 1.54) is 25.1 Å². The number of ether oxygens (including phenoxy) is 1. The lowest BCUT2D eigenvalue weighted by Crippen LogP contribution is -2.73. The van der Waals surface area contributed by atoms with Crippen LogP contribution < -0.4 is 5.32 Å². The van der Waals surface area contributed by atoms with Gasteiger partial charge < -0.3 is 20.3 Å². The van der Waals surface area contributed by atoms with Crippen molar-refractivity contribution in [1.82, 2.24) is 10.2 Å². The first-order valence-electron chi connectivity index (χ1n) is 7.33. The van der Waals surface area contributed by atoms with Crippen LogP contribution in [0.1, 0.15) is 18.5 Å². The van der Waals surface area contributed by atoms with Crippen LogP contribution in [0.15, 0.2) is 24.3 Å². The topological polar surface area (TPSA) is 99.1 Å². The van der Waals surface area contributed by atoms with Gasteiger partial charge in [-0.15, -0.1) is 0 Å². The number of esters is 1. The number of aromatic hydroxyl groups is 1. The summed E-state index contributed by atoms with van der Waals surface area (Å²) in [6.45, 7) is 1.19. The average Bonchev–Trinajstić information content (AvgIpc) is 2.51. The Hall–Kier alpha value is -2.49. The van der Waals surface area contributed by atoms with Crippen molar-refractivity contribution in [1.29, 1.82) is 0 Å². The van der Waals surface area contributed by atoms with E-state index in [9.17, 15) is 33.0 Å². The molecule has 1 fully saturated rings. The number of hydrogen-bond acceptors (Lipinski definition) is 5. The summed E-state index contributed by atoms with van der Waals surface area (Å²) in [7, 11) is 0.730. The third-order valence-electron chi connectivity index (χ3n) is 4.05. The number of rotatable bonds is 3. The molecule has 7 nitrogen and oxygen atoms in total. The van der Waals surface area contributed by atoms with Gasteiger partial charge in [-0.2, -0.15) is 13.2 Å². The number of halogens is 3. The second-order valence-corrected chi connectivity index (χ2v) is 5.53. The van der Waals surface area contributed by atoms with Crippen LogP contribution in [0.25, 0.3) is 0 Å². The zero-order chi connectivity index (χ0) is 19.0. The molecule has 1 heterocycles. The van der Waals surface area contributed by atoms with Gasteiger partial charge in [-0.25, -0.2) is 4.79 Å². The molecule has 1 saturated heterocycles. The van der Waals surface area contributed by atoms with E-state index in [4.69, 9.17) is 4.74 Å². The third-order valence-corrected chi connectivity index (χ3v) is 4.05. The second kappa shape index (κ2) is 6.43. The predicted molar refractivity (Wildman–Crippen MR) is 78.3 cm³/mol. The molecule has 3 unspecified atom stereocenters. The normalized spacial score (nSPS) is 27.0. The molecule has 25 heavy (non-hydrogen) atoms. The van der Waals surface area contributed by atoms with Crippen LogP contribution in [-0.2, 0) is 9.53 Å². The zero-order valence-corrected chi connectivity index (χ0v) is 13.4. The van der Waals surface area contributed by atoms with E-state index < -0.39 is 35.9 Å². The molecule has 0 aromatic heterocycles. The summed E-state index contributed by atoms with van der Waals surface area (Å²) < 4.78 is 45.6. The van der Waals surface area contributed by atoms with Crippen LogP contribution in [0.2, 0.25) is 0 Å². The van der Waals surface area contributed by atoms with Crippen LogP contribution in [0.5, 0.6) is 5.75 Å². The highest BCUT2D eigenvalue weighted by Crippen LogP contribution is 2.47. The lowest BCUT2D eigenvalue weighted by molar-refractivity contribution is -0.328. The first-order valence-corrected chi connectivity index (χ1v) is 7.33. The van der Waals surface area contributed by atoms with Crippen molar-refractivity contribution in [3.63, 3.8) is 0 Å². The van der Waals surface area contributed by atoms with E-state index in [1.54, 1.807) is 0 Å². The van der Waals surface area contributed by atoms with Crippen molar-refractivity contribution in [2.24, 2.45) is 5.92 Å². The van der Waals surface area contributed by atoms with Crippen molar-refractivity contribution in [2.75, 3.05) is 13.7 Å². The maximum atomic E-state index is 13.6. The Morgan fingerprint density at radius 3 is 2.60 bits per heavy atom. The first-order chi connectivity index (χ1) is 11.5. The van der Waals surface area contributed by atoms with Gasteiger partial charge in [-0.1, -0.05) is 12.1 Å². The zero-order valence-electron chi connectivity index (χ0n) is 13.4. The molecular formula is C15H17F3N2O5. The molecule has 0 aliphatic carbocycles. The van der Waals surface area contributed by atoms with Gasteiger partial charge in [0.25, 0.3) is 5.72 Å². The summed E-state index contributed by atoms with van der Waals surface area (Å²) >= 11 is 0. The van der Waals surface area contributed by atoms with Crippen LogP contribution in [0.4, 0.5) is 18.0 Å². The van der Waals surface area contributed by atoms with Gasteiger partial charge in [0.05, 0.1) is 12.6 Å². The Morgan fingerprint density at radius 1 is 1.44 bits per heavy atom. The predicted octanol–water partition coefficient (Wildman–Crippen LogP) is 1.52. The van der Waals surface area contributed by atoms with Crippen molar-refractivity contribution < 1.29 is 37.7 Å². The van der Waals surface area contributed by atoms with Gasteiger partial charge >= 0.3 is 18.2 Å². The molecule has 1 aromatic rings. The number of hydrogen-bond donors (Lipinski definition) is 3. The third kappa shape index (κ3) is 3.09. The van der Waals surface area contributed by atoms with Crippen LogP contribution in [0, 0.1) is 5.92 Å². The van der Waals surface area contributed by atoms with Crippen LogP contribution in [0.3, 0.4) is 0 Å². The van der Waals surface area contributed by atoms with Gasteiger partial charge in [-0.05, 0) is 24.6 Å². The number of nitrogens with one attached hydrogen (secondary N) is 1. The highest BCUT2D eigenvalue weighted by atomic mass is 19.4. The van der Waals surface area contributed by atoms with E-state index >= 15 is 0 Å². The molecule has 0 saturated carbocycles. The molecule has 3 N–H and O–H groups in total. The SMILES string of the molecule is CCOC(=O)C1C(c2cccc(O)c2)NC(=O)N(C)C1(O)C(F)(F)F. The quantitative estimate of drug-likeness (QED) is 0.708. The lowest BCUT2D eigenvalue weighted by atomic mass is 9.81. The Kier molecular flexibility index (Phi) is 4.85. The summed E-state index contributed by atoms with van der Waals surface area (Å²) in [5.41, 5.74) is -3.76. The van der Waals surface area contributed by atoms with Crippen molar-refractivity contribution in [2.45, 2.75) is 24.9 Å². The summed E-state index contributed by atoms with van der Waals surface area (Å²) in [5.74, 6) is -3.80. The number of aliphatic hydroxyl groups is 1. The molecule has 1 aliphatic rings. The fourth-order valence-electron chi connectivity index (χ4n) is 2.80. The number of carbonyl (C=O) groups excluding carboxylic acids is 2. The molecular weight excluding hydrogens is 345 g/mol. The fourth-order valence-corrected chi connectivity index (χ4v) is 2.80. The molecule has 0 bridgehead atoms. The standard InChI is InChI=1S/C15H17F3N2O5/c1-3-25-12(22)10-11(8-5-4-6-9(21)7-8)19-13(23)20(2)14(10,24)15(16,17)18/h4-7,10-11,21,24H,3H2,1-2H3,(H,19,23). The van der Waals surface area contributed by atoms with Gasteiger partial charge in [0.1, 0.15) is 11.7 Å². The minimum absolute atomic E-state index is 0.0159. The van der Waals surface area contributed by atoms with E-state index in [0.29, 0.717) is 0 Å². The number of amides is 2. The van der Waals surface area contributed by atoms with Crippen molar-refractivity contribution >= 4 is 12.0 Å². The Balaban J connectivity index is 2.64. The number of alkyl halides is 3. The molecule has 138 valence electrons. The number of phenolic OH excluding ortho intramolecular Hbond substituents is 1. The first kappa shape index (κ1) is 18.8. The summed E-state index contributed by atoms with van der Waals surface area (Å²) in [4.78, 5) is 24.3.